The molecule has 0 amide bonds. The van der Waals surface area contributed by atoms with Crippen molar-refractivity contribution in [3.63, 3.8) is 0 Å². The molecule has 0 radical (unpaired) electrons. The van der Waals surface area contributed by atoms with E-state index in [0.717, 1.165) is 28.1 Å². The lowest BCUT2D eigenvalue weighted by molar-refractivity contribution is 0.415. The topological polar surface area (TPSA) is 21.6 Å². The van der Waals surface area contributed by atoms with Crippen LogP contribution in [0.5, 0.6) is 5.75 Å². The van der Waals surface area contributed by atoms with Gasteiger partial charge in [-0.05, 0) is 40.5 Å². The van der Waals surface area contributed by atoms with Gasteiger partial charge in [-0.1, -0.05) is 146 Å². The van der Waals surface area contributed by atoms with Crippen LogP contribution in [0.4, 0.5) is 5.69 Å². The van der Waals surface area contributed by atoms with Crippen molar-refractivity contribution in [2.45, 2.75) is 0 Å². The van der Waals surface area contributed by atoms with Crippen LogP contribution in [0.1, 0.15) is 27.8 Å². The highest BCUT2D eigenvalue weighted by molar-refractivity contribution is 5.84. The molecule has 5 aromatic rings. The molecule has 2 heteroatoms. The van der Waals surface area contributed by atoms with Gasteiger partial charge in [0.15, 0.2) is 0 Å². The zero-order valence-electron chi connectivity index (χ0n) is 21.5. The van der Waals surface area contributed by atoms with Crippen molar-refractivity contribution in [1.82, 2.24) is 0 Å². The molecule has 0 aromatic heterocycles. The first-order chi connectivity index (χ1) is 18.8. The lowest BCUT2D eigenvalue weighted by Crippen LogP contribution is -1.82. The predicted octanol–water partition coefficient (Wildman–Crippen LogP) is 9.47. The van der Waals surface area contributed by atoms with Crippen LogP contribution < -0.4 is 4.74 Å². The minimum atomic E-state index is 0.861. The van der Waals surface area contributed by atoms with Crippen LogP contribution >= 0.6 is 0 Å². The van der Waals surface area contributed by atoms with Gasteiger partial charge in [-0.25, -0.2) is 0 Å². The lowest BCUT2D eigenvalue weighted by atomic mass is 10.1. The Morgan fingerprint density at radius 2 is 0.895 bits per heavy atom. The summed E-state index contributed by atoms with van der Waals surface area (Å²) in [6, 6.07) is 46.8. The number of rotatable bonds is 7. The van der Waals surface area contributed by atoms with Crippen molar-refractivity contribution < 1.29 is 4.74 Å². The number of para-hydroxylation sites is 1. The second-order valence-corrected chi connectivity index (χ2v) is 8.49. The standard InChI is InChI=1S/C22H19NO.C14H12/c1-24-21-15-12-18(13-16-21)11-14-20-9-5-6-10-22(20)23-17-19-7-3-2-4-8-19;1-3-7-13(8-4-1)11-12-14-9-5-2-6-10-14/h2-17H,1H3;1-12H. The molecule has 0 heterocycles. The van der Waals surface area contributed by atoms with Gasteiger partial charge in [0, 0.05) is 11.8 Å². The molecule has 0 saturated carbocycles. The van der Waals surface area contributed by atoms with Crippen molar-refractivity contribution in [2.24, 2.45) is 4.99 Å². The first-order valence-corrected chi connectivity index (χ1v) is 12.6. The second-order valence-electron chi connectivity index (χ2n) is 8.49. The maximum absolute atomic E-state index is 5.18. The fourth-order valence-electron chi connectivity index (χ4n) is 3.65. The monoisotopic (exact) mass is 493 g/mol. The maximum Gasteiger partial charge on any atom is 0.118 e. The van der Waals surface area contributed by atoms with E-state index in [-0.39, 0.29) is 0 Å². The van der Waals surface area contributed by atoms with Crippen molar-refractivity contribution in [3.8, 4) is 5.75 Å². The number of hydrogen-bond donors (Lipinski definition) is 0. The van der Waals surface area contributed by atoms with Crippen molar-refractivity contribution in [3.05, 3.63) is 167 Å². The highest BCUT2D eigenvalue weighted by Crippen LogP contribution is 2.22. The molecule has 0 N–H and O–H groups in total. The van der Waals surface area contributed by atoms with Crippen LogP contribution in [-0.4, -0.2) is 13.3 Å². The summed E-state index contributed by atoms with van der Waals surface area (Å²) in [6.07, 6.45) is 10.3. The van der Waals surface area contributed by atoms with Gasteiger partial charge in [-0.3, -0.25) is 4.99 Å². The summed E-state index contributed by atoms with van der Waals surface area (Å²) in [5.41, 5.74) is 6.71. The number of benzene rings is 5. The summed E-state index contributed by atoms with van der Waals surface area (Å²) in [6.45, 7) is 0. The van der Waals surface area contributed by atoms with Crippen molar-refractivity contribution >= 4 is 36.2 Å². The van der Waals surface area contributed by atoms with Gasteiger partial charge >= 0.3 is 0 Å². The van der Waals surface area contributed by atoms with Gasteiger partial charge in [-0.2, -0.15) is 0 Å². The highest BCUT2D eigenvalue weighted by Gasteiger charge is 1.97. The molecule has 0 unspecified atom stereocenters. The number of nitrogens with zero attached hydrogens (tertiary/aromatic N) is 1. The van der Waals surface area contributed by atoms with Gasteiger partial charge in [0.05, 0.1) is 12.8 Å². The Morgan fingerprint density at radius 3 is 1.45 bits per heavy atom. The predicted molar refractivity (Wildman–Crippen MR) is 164 cm³/mol. The molecule has 0 fully saturated rings. The summed E-state index contributed by atoms with van der Waals surface area (Å²) in [5.74, 6) is 0.861. The first kappa shape index (κ1) is 26.1. The quantitative estimate of drug-likeness (QED) is 0.163. The van der Waals surface area contributed by atoms with E-state index in [2.05, 4.69) is 59.6 Å². The molecule has 0 aliphatic carbocycles. The van der Waals surface area contributed by atoms with Gasteiger partial charge in [0.2, 0.25) is 0 Å². The van der Waals surface area contributed by atoms with Crippen LogP contribution in [0, 0.1) is 0 Å². The smallest absolute Gasteiger partial charge is 0.118 e. The Labute approximate surface area is 225 Å². The molecule has 38 heavy (non-hydrogen) atoms. The minimum Gasteiger partial charge on any atom is -0.497 e. The molecule has 0 aliphatic heterocycles. The molecule has 5 aromatic carbocycles. The van der Waals surface area contributed by atoms with Crippen LogP contribution in [0.2, 0.25) is 0 Å². The normalized spacial score (nSPS) is 11.0. The zero-order chi connectivity index (χ0) is 26.3. The molecule has 0 aliphatic rings. The average molecular weight is 494 g/mol. The minimum absolute atomic E-state index is 0.861. The van der Waals surface area contributed by atoms with Crippen molar-refractivity contribution in [2.75, 3.05) is 7.11 Å². The second kappa shape index (κ2) is 14.6. The molecule has 0 atom stereocenters. The maximum atomic E-state index is 5.18. The lowest BCUT2D eigenvalue weighted by Gasteiger charge is -2.01. The SMILES string of the molecule is C(=Cc1ccccc1)c1ccccc1.COc1ccc(C=Cc2ccccc2N=Cc2ccccc2)cc1. The Bertz CT molecular complexity index is 1410. The summed E-state index contributed by atoms with van der Waals surface area (Å²) in [4.78, 5) is 4.62. The van der Waals surface area contributed by atoms with Crippen LogP contribution in [0.25, 0.3) is 24.3 Å². The zero-order valence-corrected chi connectivity index (χ0v) is 21.5. The fourth-order valence-corrected chi connectivity index (χ4v) is 3.65. The van der Waals surface area contributed by atoms with E-state index in [9.17, 15) is 0 Å². The largest absolute Gasteiger partial charge is 0.497 e. The summed E-state index contributed by atoms with van der Waals surface area (Å²) in [5, 5.41) is 0. The summed E-state index contributed by atoms with van der Waals surface area (Å²) in [7, 11) is 1.67. The van der Waals surface area contributed by atoms with E-state index in [1.165, 1.54) is 11.1 Å². The van der Waals surface area contributed by atoms with Crippen LogP contribution in [0.15, 0.2) is 145 Å². The third kappa shape index (κ3) is 8.61. The van der Waals surface area contributed by atoms with E-state index in [1.54, 1.807) is 7.11 Å². The third-order valence-corrected chi connectivity index (χ3v) is 5.73. The molecule has 5 rings (SSSR count). The molecule has 186 valence electrons. The molecular weight excluding hydrogens is 462 g/mol. The molecule has 2 nitrogen and oxygen atoms in total. The fraction of sp³-hybridized carbons (Fsp3) is 0.0278. The Kier molecular flexibility index (Phi) is 10.0. The summed E-state index contributed by atoms with van der Waals surface area (Å²) >= 11 is 0. The molecule has 0 saturated heterocycles. The number of methoxy groups -OCH3 is 1. The van der Waals surface area contributed by atoms with Gasteiger partial charge in [0.25, 0.3) is 0 Å². The third-order valence-electron chi connectivity index (χ3n) is 5.73. The van der Waals surface area contributed by atoms with E-state index in [1.807, 2.05) is 115 Å². The van der Waals surface area contributed by atoms with Gasteiger partial charge < -0.3 is 4.74 Å². The van der Waals surface area contributed by atoms with E-state index in [4.69, 9.17) is 4.74 Å². The molecular formula is C36H31NO. The number of aliphatic imine (C=N–C) groups is 1. The molecule has 0 bridgehead atoms. The summed E-state index contributed by atoms with van der Waals surface area (Å²) < 4.78 is 5.18. The first-order valence-electron chi connectivity index (χ1n) is 12.6. The van der Waals surface area contributed by atoms with E-state index >= 15 is 0 Å². The molecule has 0 spiro atoms. The Balaban J connectivity index is 0.000000204. The van der Waals surface area contributed by atoms with Crippen molar-refractivity contribution in [1.29, 1.82) is 0 Å². The number of ether oxygens (including phenoxy) is 1. The Hall–Kier alpha value is -4.95. The van der Waals surface area contributed by atoms with E-state index < -0.39 is 0 Å². The van der Waals surface area contributed by atoms with Gasteiger partial charge in [-0.15, -0.1) is 0 Å². The Morgan fingerprint density at radius 1 is 0.447 bits per heavy atom. The van der Waals surface area contributed by atoms with E-state index in [0.29, 0.717) is 0 Å². The number of hydrogen-bond acceptors (Lipinski definition) is 2. The average Bonchev–Trinajstić information content (AvgIpc) is 3.00. The van der Waals surface area contributed by atoms with Gasteiger partial charge in [0.1, 0.15) is 5.75 Å². The van der Waals surface area contributed by atoms with Crippen LogP contribution in [-0.2, 0) is 0 Å². The highest BCUT2D eigenvalue weighted by atomic mass is 16.5. The van der Waals surface area contributed by atoms with Crippen LogP contribution in [0.3, 0.4) is 0 Å².